The summed E-state index contributed by atoms with van der Waals surface area (Å²) in [5, 5.41) is 0. The van der Waals surface area contributed by atoms with Gasteiger partial charge in [-0.05, 0) is 54.9 Å². The highest BCUT2D eigenvalue weighted by molar-refractivity contribution is 5.72. The molecule has 0 amide bonds. The molecule has 1 heteroatoms. The lowest BCUT2D eigenvalue weighted by Gasteiger charge is -2.00. The third kappa shape index (κ3) is 6.67. The van der Waals surface area contributed by atoms with Crippen LogP contribution in [-0.4, -0.2) is 6.21 Å². The first kappa shape index (κ1) is 20.9. The van der Waals surface area contributed by atoms with E-state index in [4.69, 9.17) is 0 Å². The Bertz CT molecular complexity index is 791. The maximum atomic E-state index is 4.09. The molecule has 0 aromatic heterocycles. The van der Waals surface area contributed by atoms with E-state index in [1.807, 2.05) is 6.21 Å². The molecule has 1 aliphatic carbocycles. The van der Waals surface area contributed by atoms with E-state index < -0.39 is 0 Å². The molecule has 0 fully saturated rings. The predicted molar refractivity (Wildman–Crippen MR) is 120 cm³/mol. The van der Waals surface area contributed by atoms with Crippen LogP contribution in [0, 0.1) is 6.92 Å². The van der Waals surface area contributed by atoms with Gasteiger partial charge in [0.15, 0.2) is 0 Å². The third-order valence-electron chi connectivity index (χ3n) is 4.92. The monoisotopic (exact) mass is 359 g/mol. The van der Waals surface area contributed by atoms with Crippen molar-refractivity contribution in [3.05, 3.63) is 88.6 Å². The molecule has 1 heterocycles. The fraction of sp³-hybridized carbons (Fsp3) is 0.346. The zero-order chi connectivity index (χ0) is 19.5. The van der Waals surface area contributed by atoms with E-state index in [9.17, 15) is 0 Å². The van der Waals surface area contributed by atoms with Crippen LogP contribution < -0.4 is 0 Å². The van der Waals surface area contributed by atoms with Gasteiger partial charge >= 0.3 is 0 Å². The average molecular weight is 360 g/mol. The topological polar surface area (TPSA) is 12.4 Å². The van der Waals surface area contributed by atoms with Crippen molar-refractivity contribution in [3.8, 4) is 0 Å². The number of nitrogens with zero attached hydrogens (tertiary/aromatic N) is 1. The van der Waals surface area contributed by atoms with Crippen LogP contribution in [0.4, 0.5) is 0 Å². The van der Waals surface area contributed by atoms with Crippen molar-refractivity contribution in [3.63, 3.8) is 0 Å². The van der Waals surface area contributed by atoms with Gasteiger partial charge in [-0.25, -0.2) is 0 Å². The van der Waals surface area contributed by atoms with Crippen LogP contribution >= 0.6 is 0 Å². The van der Waals surface area contributed by atoms with Crippen LogP contribution in [-0.2, 0) is 12.8 Å². The Hall–Kier alpha value is -2.41. The highest BCUT2D eigenvalue weighted by atomic mass is 14.7. The second-order valence-electron chi connectivity index (χ2n) is 6.88. The van der Waals surface area contributed by atoms with E-state index in [-0.39, 0.29) is 0 Å². The zero-order valence-electron chi connectivity index (χ0n) is 17.3. The zero-order valence-corrected chi connectivity index (χ0v) is 17.3. The molecule has 142 valence electrons. The normalized spacial score (nSPS) is 13.6. The molecule has 27 heavy (non-hydrogen) atoms. The number of hydrogen-bond donors (Lipinski definition) is 0. The van der Waals surface area contributed by atoms with E-state index in [1.165, 1.54) is 33.5 Å². The summed E-state index contributed by atoms with van der Waals surface area (Å²) in [6.07, 6.45) is 12.0. The van der Waals surface area contributed by atoms with E-state index in [0.717, 1.165) is 32.1 Å². The smallest absolute Gasteiger partial charge is 0.0360 e. The number of allylic oxidation sites excluding steroid dienone is 4. The Balaban J connectivity index is 0.000000149. The minimum absolute atomic E-state index is 1.04. The number of aryl methyl sites for hydroxylation is 2. The van der Waals surface area contributed by atoms with Gasteiger partial charge in [0, 0.05) is 18.3 Å². The maximum Gasteiger partial charge on any atom is 0.0360 e. The first-order valence-corrected chi connectivity index (χ1v) is 10.2. The minimum Gasteiger partial charge on any atom is -0.266 e. The van der Waals surface area contributed by atoms with E-state index >= 15 is 0 Å². The van der Waals surface area contributed by atoms with E-state index in [1.54, 1.807) is 0 Å². The Morgan fingerprint density at radius 2 is 1.56 bits per heavy atom. The molecule has 0 spiro atoms. The second kappa shape index (κ2) is 11.3. The maximum absolute atomic E-state index is 4.09. The summed E-state index contributed by atoms with van der Waals surface area (Å²) in [7, 11) is 0. The van der Waals surface area contributed by atoms with Gasteiger partial charge in [0.05, 0.1) is 0 Å². The second-order valence-corrected chi connectivity index (χ2v) is 6.88. The molecule has 0 unspecified atom stereocenters. The van der Waals surface area contributed by atoms with Crippen molar-refractivity contribution in [2.45, 2.75) is 59.8 Å². The first-order chi connectivity index (χ1) is 13.2. The Morgan fingerprint density at radius 1 is 0.815 bits per heavy atom. The summed E-state index contributed by atoms with van der Waals surface area (Å²) < 4.78 is 0. The lowest BCUT2D eigenvalue weighted by Crippen LogP contribution is -1.81. The van der Waals surface area contributed by atoms with Crippen LogP contribution in [0.5, 0.6) is 0 Å². The van der Waals surface area contributed by atoms with Gasteiger partial charge in [-0.2, -0.15) is 0 Å². The number of fused-ring (bicyclic) bond motifs is 1. The van der Waals surface area contributed by atoms with Crippen LogP contribution in [0.2, 0.25) is 0 Å². The van der Waals surface area contributed by atoms with Crippen molar-refractivity contribution in [1.82, 2.24) is 0 Å². The molecular weight excluding hydrogens is 326 g/mol. The molecule has 1 nitrogen and oxygen atoms in total. The van der Waals surface area contributed by atoms with Gasteiger partial charge in [-0.1, -0.05) is 87.0 Å². The first-order valence-electron chi connectivity index (χ1n) is 10.2. The van der Waals surface area contributed by atoms with Gasteiger partial charge in [0.25, 0.3) is 0 Å². The van der Waals surface area contributed by atoms with Crippen molar-refractivity contribution < 1.29 is 0 Å². The van der Waals surface area contributed by atoms with Gasteiger partial charge in [0.1, 0.15) is 0 Å². The molecule has 0 N–H and O–H groups in total. The molecule has 2 aromatic rings. The molecule has 0 atom stereocenters. The number of hydrogen-bond acceptors (Lipinski definition) is 1. The van der Waals surface area contributed by atoms with Crippen molar-refractivity contribution in [1.29, 1.82) is 0 Å². The fourth-order valence-electron chi connectivity index (χ4n) is 3.16. The standard InChI is InChI=1S/C11H12.C9H12.C6H9N/c1-2-9-7-8-10-5-3-4-6-11(9)10;1-3-9-6-4-8(2)5-7-9;1-2-6-4-3-5-7-6/h3-7H,2,8H2,1H3;4-7H,3H2,1-2H3;4-5H,2-3H2,1H3. The largest absolute Gasteiger partial charge is 0.266 e. The van der Waals surface area contributed by atoms with Crippen molar-refractivity contribution in [2.24, 2.45) is 4.99 Å². The van der Waals surface area contributed by atoms with E-state index in [2.05, 4.69) is 93.4 Å². The lowest BCUT2D eigenvalue weighted by atomic mass is 10.0. The molecule has 4 rings (SSSR count). The molecule has 0 bridgehead atoms. The quantitative estimate of drug-likeness (QED) is 0.543. The predicted octanol–water partition coefficient (Wildman–Crippen LogP) is 7.35. The molecular formula is C26H33N. The summed E-state index contributed by atoms with van der Waals surface area (Å²) in [4.78, 5) is 4.09. The van der Waals surface area contributed by atoms with Crippen LogP contribution in [0.25, 0.3) is 5.57 Å². The number of rotatable bonds is 3. The summed E-state index contributed by atoms with van der Waals surface area (Å²) in [6, 6.07) is 17.3. The highest BCUT2D eigenvalue weighted by Crippen LogP contribution is 2.28. The summed E-state index contributed by atoms with van der Waals surface area (Å²) in [5.41, 5.74) is 8.47. The molecule has 2 aromatic carbocycles. The van der Waals surface area contributed by atoms with E-state index in [0.29, 0.717) is 0 Å². The molecule has 1 aliphatic heterocycles. The summed E-state index contributed by atoms with van der Waals surface area (Å²) >= 11 is 0. The van der Waals surface area contributed by atoms with Crippen LogP contribution in [0.15, 0.2) is 71.4 Å². The average Bonchev–Trinajstić information content (AvgIpc) is 3.39. The molecule has 0 saturated heterocycles. The number of benzene rings is 2. The van der Waals surface area contributed by atoms with Crippen molar-refractivity contribution >= 4 is 11.8 Å². The molecule has 0 saturated carbocycles. The Kier molecular flexibility index (Phi) is 8.77. The van der Waals surface area contributed by atoms with Crippen LogP contribution in [0.3, 0.4) is 0 Å². The van der Waals surface area contributed by atoms with Gasteiger partial charge in [0.2, 0.25) is 0 Å². The van der Waals surface area contributed by atoms with Crippen LogP contribution in [0.1, 0.15) is 62.3 Å². The number of aliphatic imine (C=N–C) groups is 1. The van der Waals surface area contributed by atoms with Gasteiger partial charge in [-0.15, -0.1) is 0 Å². The fourth-order valence-corrected chi connectivity index (χ4v) is 3.16. The SMILES string of the molecule is CCC1=CCC=N1.CCC1=CCc2ccccc21.CCc1ccc(C)cc1. The molecule has 0 radical (unpaired) electrons. The lowest BCUT2D eigenvalue weighted by molar-refractivity contribution is 1.08. The summed E-state index contributed by atoms with van der Waals surface area (Å²) in [6.45, 7) is 8.62. The van der Waals surface area contributed by atoms with Crippen molar-refractivity contribution in [2.75, 3.05) is 0 Å². The van der Waals surface area contributed by atoms with Gasteiger partial charge < -0.3 is 0 Å². The summed E-state index contributed by atoms with van der Waals surface area (Å²) in [5.74, 6) is 0. The Morgan fingerprint density at radius 3 is 2.11 bits per heavy atom. The minimum atomic E-state index is 1.04. The Labute approximate surface area is 165 Å². The highest BCUT2D eigenvalue weighted by Gasteiger charge is 2.09. The third-order valence-corrected chi connectivity index (χ3v) is 4.92. The molecule has 2 aliphatic rings. The van der Waals surface area contributed by atoms with Gasteiger partial charge in [-0.3, -0.25) is 4.99 Å².